The topological polar surface area (TPSA) is 9.23 Å². The van der Waals surface area contributed by atoms with Crippen molar-refractivity contribution in [3.05, 3.63) is 35.6 Å². The Hall–Kier alpha value is -0.980. The SMILES string of the molecule is C/C=C(C)/C=C\C(=C/C)OCCCC. The Bertz CT molecular complexity index is 221. The fourth-order valence-electron chi connectivity index (χ4n) is 0.872. The van der Waals surface area contributed by atoms with E-state index >= 15 is 0 Å². The molecule has 0 aliphatic rings. The van der Waals surface area contributed by atoms with E-state index in [-0.39, 0.29) is 0 Å². The van der Waals surface area contributed by atoms with Crippen LogP contribution >= 0.6 is 0 Å². The van der Waals surface area contributed by atoms with Crippen molar-refractivity contribution in [2.75, 3.05) is 6.61 Å². The second kappa shape index (κ2) is 8.61. The molecule has 0 aromatic rings. The summed E-state index contributed by atoms with van der Waals surface area (Å²) in [4.78, 5) is 0. The molecule has 0 aromatic carbocycles. The molecule has 0 atom stereocenters. The smallest absolute Gasteiger partial charge is 0.115 e. The van der Waals surface area contributed by atoms with Crippen LogP contribution in [0.3, 0.4) is 0 Å². The van der Waals surface area contributed by atoms with E-state index in [1.54, 1.807) is 0 Å². The van der Waals surface area contributed by atoms with Gasteiger partial charge in [0.1, 0.15) is 5.76 Å². The van der Waals surface area contributed by atoms with Crippen LogP contribution in [-0.2, 0) is 4.74 Å². The lowest BCUT2D eigenvalue weighted by molar-refractivity contribution is 0.219. The van der Waals surface area contributed by atoms with Gasteiger partial charge in [0.25, 0.3) is 0 Å². The van der Waals surface area contributed by atoms with Gasteiger partial charge < -0.3 is 4.74 Å². The quantitative estimate of drug-likeness (QED) is 0.349. The van der Waals surface area contributed by atoms with Gasteiger partial charge in [-0.05, 0) is 39.3 Å². The predicted molar refractivity (Wildman–Crippen MR) is 63.2 cm³/mol. The Labute approximate surface area is 88.2 Å². The molecule has 0 rings (SSSR count). The van der Waals surface area contributed by atoms with Gasteiger partial charge >= 0.3 is 0 Å². The van der Waals surface area contributed by atoms with Crippen LogP contribution < -0.4 is 0 Å². The van der Waals surface area contributed by atoms with Crippen LogP contribution in [0.1, 0.15) is 40.5 Å². The molecule has 0 unspecified atom stereocenters. The minimum absolute atomic E-state index is 0.815. The summed E-state index contributed by atoms with van der Waals surface area (Å²) in [6, 6.07) is 0. The van der Waals surface area contributed by atoms with E-state index in [1.165, 1.54) is 12.0 Å². The van der Waals surface area contributed by atoms with Crippen molar-refractivity contribution < 1.29 is 4.74 Å². The molecule has 0 aliphatic carbocycles. The van der Waals surface area contributed by atoms with Gasteiger partial charge in [0.2, 0.25) is 0 Å². The van der Waals surface area contributed by atoms with Crippen LogP contribution in [0.2, 0.25) is 0 Å². The largest absolute Gasteiger partial charge is 0.494 e. The highest BCUT2D eigenvalue weighted by atomic mass is 16.5. The fourth-order valence-corrected chi connectivity index (χ4v) is 0.872. The molecule has 1 nitrogen and oxygen atoms in total. The standard InChI is InChI=1S/C13H22O/c1-5-8-11-14-13(7-3)10-9-12(4)6-2/h6-7,9-10H,5,8,11H2,1-4H3/b10-9-,12-6+,13-7+. The molecule has 0 aromatic heterocycles. The van der Waals surface area contributed by atoms with Gasteiger partial charge in [-0.3, -0.25) is 0 Å². The normalized spacial score (nSPS) is 13.7. The second-order valence-electron chi connectivity index (χ2n) is 3.26. The minimum atomic E-state index is 0.815. The van der Waals surface area contributed by atoms with Crippen LogP contribution in [0.5, 0.6) is 0 Å². The summed E-state index contributed by atoms with van der Waals surface area (Å²) >= 11 is 0. The third kappa shape index (κ3) is 6.53. The third-order valence-electron chi connectivity index (χ3n) is 2.02. The summed E-state index contributed by atoms with van der Waals surface area (Å²) in [7, 11) is 0. The Balaban J connectivity index is 3.98. The van der Waals surface area contributed by atoms with E-state index < -0.39 is 0 Å². The third-order valence-corrected chi connectivity index (χ3v) is 2.02. The average molecular weight is 194 g/mol. The number of ether oxygens (including phenoxy) is 1. The molecule has 80 valence electrons. The number of rotatable bonds is 6. The summed E-state index contributed by atoms with van der Waals surface area (Å²) in [5.41, 5.74) is 1.25. The van der Waals surface area contributed by atoms with Crippen LogP contribution in [0.15, 0.2) is 35.6 Å². The molecule has 0 N–H and O–H groups in total. The maximum atomic E-state index is 5.57. The maximum Gasteiger partial charge on any atom is 0.115 e. The van der Waals surface area contributed by atoms with Crippen molar-refractivity contribution in [1.82, 2.24) is 0 Å². The highest BCUT2D eigenvalue weighted by Crippen LogP contribution is 2.04. The van der Waals surface area contributed by atoms with Gasteiger partial charge in [-0.2, -0.15) is 0 Å². The Morgan fingerprint density at radius 1 is 1.14 bits per heavy atom. The van der Waals surface area contributed by atoms with E-state index in [9.17, 15) is 0 Å². The van der Waals surface area contributed by atoms with Crippen molar-refractivity contribution in [3.8, 4) is 0 Å². The van der Waals surface area contributed by atoms with Crippen molar-refractivity contribution in [3.63, 3.8) is 0 Å². The zero-order valence-corrected chi connectivity index (χ0v) is 9.84. The fraction of sp³-hybridized carbons (Fsp3) is 0.538. The molecule has 14 heavy (non-hydrogen) atoms. The van der Waals surface area contributed by atoms with Gasteiger partial charge in [-0.25, -0.2) is 0 Å². The van der Waals surface area contributed by atoms with Crippen molar-refractivity contribution in [2.24, 2.45) is 0 Å². The van der Waals surface area contributed by atoms with Gasteiger partial charge in [0.15, 0.2) is 0 Å². The molecule has 0 amide bonds. The van der Waals surface area contributed by atoms with Crippen molar-refractivity contribution >= 4 is 0 Å². The monoisotopic (exact) mass is 194 g/mol. The molecular formula is C13H22O. The summed E-state index contributed by atoms with van der Waals surface area (Å²) in [6.45, 7) is 9.09. The number of hydrogen-bond acceptors (Lipinski definition) is 1. The van der Waals surface area contributed by atoms with Crippen LogP contribution in [0.4, 0.5) is 0 Å². The lowest BCUT2D eigenvalue weighted by atomic mass is 10.2. The first-order chi connectivity index (χ1) is 6.74. The first-order valence-corrected chi connectivity index (χ1v) is 5.34. The molecule has 0 saturated heterocycles. The molecule has 0 saturated carbocycles. The lowest BCUT2D eigenvalue weighted by Gasteiger charge is -2.05. The molecule has 0 heterocycles. The van der Waals surface area contributed by atoms with E-state index in [1.807, 2.05) is 26.0 Å². The molecule has 1 heteroatoms. The first-order valence-electron chi connectivity index (χ1n) is 5.34. The predicted octanol–water partition coefficient (Wildman–Crippen LogP) is 4.23. The first kappa shape index (κ1) is 13.0. The molecule has 0 bridgehead atoms. The zero-order chi connectivity index (χ0) is 10.8. The van der Waals surface area contributed by atoms with Crippen LogP contribution in [-0.4, -0.2) is 6.61 Å². The Morgan fingerprint density at radius 2 is 1.86 bits per heavy atom. The number of allylic oxidation sites excluding steroid dienone is 5. The zero-order valence-electron chi connectivity index (χ0n) is 9.84. The molecule has 0 fully saturated rings. The summed E-state index contributed by atoms with van der Waals surface area (Å²) < 4.78 is 5.57. The minimum Gasteiger partial charge on any atom is -0.494 e. The van der Waals surface area contributed by atoms with Crippen molar-refractivity contribution in [2.45, 2.75) is 40.5 Å². The maximum absolute atomic E-state index is 5.57. The summed E-state index contributed by atoms with van der Waals surface area (Å²) in [5, 5.41) is 0. The summed E-state index contributed by atoms with van der Waals surface area (Å²) in [5.74, 6) is 0.958. The Kier molecular flexibility index (Phi) is 8.01. The van der Waals surface area contributed by atoms with Crippen LogP contribution in [0.25, 0.3) is 0 Å². The van der Waals surface area contributed by atoms with Crippen molar-refractivity contribution in [1.29, 1.82) is 0 Å². The average Bonchev–Trinajstić information content (AvgIpc) is 2.22. The lowest BCUT2D eigenvalue weighted by Crippen LogP contribution is -1.92. The highest BCUT2D eigenvalue weighted by Gasteiger charge is 1.90. The van der Waals surface area contributed by atoms with Gasteiger partial charge in [-0.1, -0.05) is 31.1 Å². The number of unbranched alkanes of at least 4 members (excludes halogenated alkanes) is 1. The second-order valence-corrected chi connectivity index (χ2v) is 3.26. The van der Waals surface area contributed by atoms with E-state index in [0.29, 0.717) is 0 Å². The summed E-state index contributed by atoms with van der Waals surface area (Å²) in [6.07, 6.45) is 10.5. The molecule has 0 spiro atoms. The molecule has 0 aliphatic heterocycles. The van der Waals surface area contributed by atoms with Crippen LogP contribution in [0, 0.1) is 0 Å². The van der Waals surface area contributed by atoms with Gasteiger partial charge in [-0.15, -0.1) is 0 Å². The van der Waals surface area contributed by atoms with E-state index in [0.717, 1.165) is 18.8 Å². The van der Waals surface area contributed by atoms with E-state index in [4.69, 9.17) is 4.74 Å². The van der Waals surface area contributed by atoms with Gasteiger partial charge in [0.05, 0.1) is 6.61 Å². The Morgan fingerprint density at radius 3 is 2.36 bits per heavy atom. The number of hydrogen-bond donors (Lipinski definition) is 0. The molecule has 0 radical (unpaired) electrons. The van der Waals surface area contributed by atoms with E-state index in [2.05, 4.69) is 26.0 Å². The highest BCUT2D eigenvalue weighted by molar-refractivity contribution is 5.22. The molecular weight excluding hydrogens is 172 g/mol. The van der Waals surface area contributed by atoms with Gasteiger partial charge in [0, 0.05) is 0 Å².